The van der Waals surface area contributed by atoms with E-state index in [9.17, 15) is 0 Å². The first-order chi connectivity index (χ1) is 13.1. The summed E-state index contributed by atoms with van der Waals surface area (Å²) in [6.07, 6.45) is 4.02. The van der Waals surface area contributed by atoms with Crippen LogP contribution in [0.4, 0.5) is 0 Å². The fraction of sp³-hybridized carbons (Fsp3) is 0.917. The first-order valence-electron chi connectivity index (χ1n) is 11.3. The van der Waals surface area contributed by atoms with Gasteiger partial charge in [-0.15, -0.1) is 0 Å². The molecule has 2 fully saturated rings. The molecule has 5 heteroatoms. The molecule has 29 heavy (non-hydrogen) atoms. The summed E-state index contributed by atoms with van der Waals surface area (Å²) in [6.45, 7) is 23.7. The first kappa shape index (κ1) is 24.5. The Balaban J connectivity index is 1.84. The topological polar surface area (TPSA) is 58.0 Å². The Morgan fingerprint density at radius 2 is 0.931 bits per heavy atom. The van der Waals surface area contributed by atoms with E-state index in [4.69, 9.17) is 14.7 Å². The molecule has 5 nitrogen and oxygen atoms in total. The minimum atomic E-state index is 0.0994. The van der Waals surface area contributed by atoms with Crippen LogP contribution in [0.1, 0.15) is 94.9 Å². The molecule has 2 aliphatic heterocycles. The second-order valence-corrected chi connectivity index (χ2v) is 12.1. The Bertz CT molecular complexity index is 541. The largest absolute Gasteiger partial charge is 0.377 e. The molecule has 2 aliphatic rings. The van der Waals surface area contributed by atoms with Gasteiger partial charge in [-0.3, -0.25) is 9.98 Å². The van der Waals surface area contributed by atoms with Crippen molar-refractivity contribution in [2.75, 3.05) is 13.2 Å². The van der Waals surface area contributed by atoms with E-state index in [1.54, 1.807) is 0 Å². The molecule has 0 aromatic heterocycles. The minimum absolute atomic E-state index is 0.0994. The smallest absolute Gasteiger partial charge is 0.0704 e. The summed E-state index contributed by atoms with van der Waals surface area (Å²) in [5, 5.41) is 7.42. The first-order valence-corrected chi connectivity index (χ1v) is 11.3. The van der Waals surface area contributed by atoms with E-state index in [1.165, 1.54) is 11.4 Å². The number of hydrogen-bond donors (Lipinski definition) is 2. The third-order valence-electron chi connectivity index (χ3n) is 5.46. The van der Waals surface area contributed by atoms with Gasteiger partial charge in [0.2, 0.25) is 0 Å². The maximum atomic E-state index is 6.00. The lowest BCUT2D eigenvalue weighted by Crippen LogP contribution is -2.58. The molecule has 0 bridgehead atoms. The van der Waals surface area contributed by atoms with Crippen molar-refractivity contribution >= 4 is 11.4 Å². The maximum Gasteiger partial charge on any atom is 0.0704 e. The van der Waals surface area contributed by atoms with Crippen molar-refractivity contribution in [3.8, 4) is 0 Å². The summed E-state index contributed by atoms with van der Waals surface area (Å²) in [5.41, 5.74) is 3.01. The summed E-state index contributed by atoms with van der Waals surface area (Å²) in [5.74, 6) is 0. The number of nitrogens with one attached hydrogen (secondary N) is 2. The van der Waals surface area contributed by atoms with Crippen LogP contribution in [0.3, 0.4) is 0 Å². The standard InChI is InChI=1S/C24H46N4O/c1-17(25-19-11-21(3,4)27-22(5,6)12-19)15-29-16-18(2)26-20-13-23(7,8)28-24(9,10)14-20/h17-18,27-28H,11-16H2,1-10H3. The molecule has 0 aliphatic carbocycles. The summed E-state index contributed by atoms with van der Waals surface area (Å²) in [4.78, 5) is 9.97. The van der Waals surface area contributed by atoms with E-state index >= 15 is 0 Å². The molecule has 168 valence electrons. The van der Waals surface area contributed by atoms with Crippen molar-refractivity contribution in [3.05, 3.63) is 0 Å². The quantitative estimate of drug-likeness (QED) is 0.681. The van der Waals surface area contributed by atoms with Gasteiger partial charge in [-0.25, -0.2) is 0 Å². The fourth-order valence-corrected chi connectivity index (χ4v) is 5.46. The number of piperidine rings is 2. The average Bonchev–Trinajstić information content (AvgIpc) is 2.39. The summed E-state index contributed by atoms with van der Waals surface area (Å²) >= 11 is 0. The summed E-state index contributed by atoms with van der Waals surface area (Å²) < 4.78 is 6.00. The lowest BCUT2D eigenvalue weighted by Gasteiger charge is -2.43. The molecule has 0 aromatic rings. The number of nitrogens with zero attached hydrogens (tertiary/aromatic N) is 2. The molecular weight excluding hydrogens is 360 g/mol. The Labute approximate surface area is 179 Å². The average molecular weight is 407 g/mol. The molecule has 0 saturated carbocycles. The van der Waals surface area contributed by atoms with Crippen LogP contribution in [0.15, 0.2) is 9.98 Å². The van der Waals surface area contributed by atoms with E-state index in [0.29, 0.717) is 13.2 Å². The van der Waals surface area contributed by atoms with Gasteiger partial charge in [-0.2, -0.15) is 0 Å². The van der Waals surface area contributed by atoms with Gasteiger partial charge in [-0.1, -0.05) is 0 Å². The predicted octanol–water partition coefficient (Wildman–Crippen LogP) is 4.54. The Hall–Kier alpha value is -0.780. The van der Waals surface area contributed by atoms with Crippen molar-refractivity contribution < 1.29 is 4.74 Å². The molecule has 2 atom stereocenters. The fourth-order valence-electron chi connectivity index (χ4n) is 5.46. The van der Waals surface area contributed by atoms with E-state index in [2.05, 4.69) is 79.9 Å². The number of hydrogen-bond acceptors (Lipinski definition) is 5. The van der Waals surface area contributed by atoms with Gasteiger partial charge in [0.15, 0.2) is 0 Å². The van der Waals surface area contributed by atoms with Gasteiger partial charge in [0, 0.05) is 59.3 Å². The van der Waals surface area contributed by atoms with Gasteiger partial charge in [0.05, 0.1) is 25.3 Å². The van der Waals surface area contributed by atoms with Crippen molar-refractivity contribution in [1.82, 2.24) is 10.6 Å². The van der Waals surface area contributed by atoms with Crippen LogP contribution in [-0.2, 0) is 4.74 Å². The van der Waals surface area contributed by atoms with Crippen molar-refractivity contribution in [2.45, 2.75) is 129 Å². The highest BCUT2D eigenvalue weighted by atomic mass is 16.5. The zero-order chi connectivity index (χ0) is 22.1. The lowest BCUT2D eigenvalue weighted by atomic mass is 9.81. The normalized spacial score (nSPS) is 27.2. The highest BCUT2D eigenvalue weighted by molar-refractivity contribution is 5.88. The maximum absolute atomic E-state index is 6.00. The van der Waals surface area contributed by atoms with Crippen molar-refractivity contribution in [3.63, 3.8) is 0 Å². The zero-order valence-corrected chi connectivity index (χ0v) is 20.7. The molecule has 2 rings (SSSR count). The van der Waals surface area contributed by atoms with Crippen LogP contribution in [-0.4, -0.2) is 58.9 Å². The van der Waals surface area contributed by atoms with Gasteiger partial charge in [0.25, 0.3) is 0 Å². The molecule has 0 aromatic carbocycles. The molecule has 0 spiro atoms. The van der Waals surface area contributed by atoms with Crippen LogP contribution in [0.2, 0.25) is 0 Å². The van der Waals surface area contributed by atoms with E-state index < -0.39 is 0 Å². The number of rotatable bonds is 6. The number of aliphatic imine (C=N–C) groups is 2. The Morgan fingerprint density at radius 3 is 1.21 bits per heavy atom. The van der Waals surface area contributed by atoms with Crippen LogP contribution in [0.25, 0.3) is 0 Å². The molecule has 2 N–H and O–H groups in total. The SMILES string of the molecule is CC(COCC(C)N=C1CC(C)(C)NC(C)(C)C1)N=C1CC(C)(C)NC(C)(C)C1. The zero-order valence-electron chi connectivity index (χ0n) is 20.7. The monoisotopic (exact) mass is 406 g/mol. The summed E-state index contributed by atoms with van der Waals surface area (Å²) in [7, 11) is 0. The number of ether oxygens (including phenoxy) is 1. The lowest BCUT2D eigenvalue weighted by molar-refractivity contribution is 0.115. The van der Waals surface area contributed by atoms with E-state index in [1.807, 2.05) is 0 Å². The molecule has 0 radical (unpaired) electrons. The van der Waals surface area contributed by atoms with Gasteiger partial charge < -0.3 is 15.4 Å². The second kappa shape index (κ2) is 8.76. The second-order valence-electron chi connectivity index (χ2n) is 12.1. The third-order valence-corrected chi connectivity index (χ3v) is 5.46. The summed E-state index contributed by atoms with van der Waals surface area (Å²) in [6, 6.07) is 0.373. The van der Waals surface area contributed by atoms with Crippen LogP contribution < -0.4 is 10.6 Å². The molecular formula is C24H46N4O. The van der Waals surface area contributed by atoms with Crippen molar-refractivity contribution in [2.24, 2.45) is 9.98 Å². The van der Waals surface area contributed by atoms with Crippen molar-refractivity contribution in [1.29, 1.82) is 0 Å². The Morgan fingerprint density at radius 1 is 0.655 bits per heavy atom. The van der Waals surface area contributed by atoms with Crippen LogP contribution in [0, 0.1) is 0 Å². The minimum Gasteiger partial charge on any atom is -0.377 e. The van der Waals surface area contributed by atoms with Gasteiger partial charge in [-0.05, 0) is 69.2 Å². The van der Waals surface area contributed by atoms with Crippen LogP contribution in [0.5, 0.6) is 0 Å². The van der Waals surface area contributed by atoms with E-state index in [-0.39, 0.29) is 34.2 Å². The highest BCUT2D eigenvalue weighted by Crippen LogP contribution is 2.28. The molecule has 2 saturated heterocycles. The van der Waals surface area contributed by atoms with Gasteiger partial charge in [0.1, 0.15) is 0 Å². The highest BCUT2D eigenvalue weighted by Gasteiger charge is 2.36. The van der Waals surface area contributed by atoms with E-state index in [0.717, 1.165) is 25.7 Å². The third kappa shape index (κ3) is 8.47. The Kier molecular flexibility index (Phi) is 7.40. The molecule has 0 amide bonds. The molecule has 2 unspecified atom stereocenters. The van der Waals surface area contributed by atoms with Crippen LogP contribution >= 0.6 is 0 Å². The predicted molar refractivity (Wildman–Crippen MR) is 126 cm³/mol. The van der Waals surface area contributed by atoms with Gasteiger partial charge >= 0.3 is 0 Å². The molecule has 2 heterocycles.